The molecule has 0 aliphatic heterocycles. The first-order chi connectivity index (χ1) is 14.4. The molecule has 0 saturated heterocycles. The van der Waals surface area contributed by atoms with Gasteiger partial charge in [0.2, 0.25) is 11.7 Å². The Kier molecular flexibility index (Phi) is 6.31. The fraction of sp³-hybridized carbons (Fsp3) is 0.190. The van der Waals surface area contributed by atoms with Crippen molar-refractivity contribution in [2.24, 2.45) is 0 Å². The Balaban J connectivity index is 1.82. The molecule has 3 rings (SSSR count). The maximum absolute atomic E-state index is 13.1. The number of amides is 1. The lowest BCUT2D eigenvalue weighted by Gasteiger charge is -2.15. The van der Waals surface area contributed by atoms with Gasteiger partial charge in [0.15, 0.2) is 11.5 Å². The third-order valence-corrected chi connectivity index (χ3v) is 4.25. The van der Waals surface area contributed by atoms with Gasteiger partial charge in [0.05, 0.1) is 27.0 Å². The number of aromatic nitrogens is 2. The van der Waals surface area contributed by atoms with Crippen LogP contribution in [0.15, 0.2) is 53.3 Å². The minimum absolute atomic E-state index is 0.315. The van der Waals surface area contributed by atoms with Gasteiger partial charge in [0, 0.05) is 29.4 Å². The maximum Gasteiger partial charge on any atom is 0.267 e. The summed E-state index contributed by atoms with van der Waals surface area (Å²) in [6, 6.07) is 11.6. The quantitative estimate of drug-likeness (QED) is 0.640. The van der Waals surface area contributed by atoms with Gasteiger partial charge in [-0.15, -0.1) is 0 Å². The first kappa shape index (κ1) is 20.8. The Morgan fingerprint density at radius 2 is 1.63 bits per heavy atom. The molecule has 2 aromatic carbocycles. The second kappa shape index (κ2) is 9.08. The van der Waals surface area contributed by atoms with E-state index in [2.05, 4.69) is 10.4 Å². The van der Waals surface area contributed by atoms with Gasteiger partial charge in [-0.25, -0.2) is 9.07 Å². The fourth-order valence-corrected chi connectivity index (χ4v) is 2.83. The van der Waals surface area contributed by atoms with E-state index in [0.29, 0.717) is 34.2 Å². The molecule has 1 N–H and O–H groups in total. The molecule has 0 fully saturated rings. The van der Waals surface area contributed by atoms with Gasteiger partial charge in [0.1, 0.15) is 12.4 Å². The lowest BCUT2D eigenvalue weighted by Crippen LogP contribution is -2.29. The molecule has 1 heterocycles. The molecule has 156 valence electrons. The van der Waals surface area contributed by atoms with E-state index in [4.69, 9.17) is 14.2 Å². The van der Waals surface area contributed by atoms with E-state index in [1.54, 1.807) is 24.3 Å². The summed E-state index contributed by atoms with van der Waals surface area (Å²) in [4.78, 5) is 24.6. The first-order valence-electron chi connectivity index (χ1n) is 8.89. The van der Waals surface area contributed by atoms with Crippen molar-refractivity contribution in [3.8, 4) is 28.5 Å². The Morgan fingerprint density at radius 3 is 2.20 bits per heavy atom. The summed E-state index contributed by atoms with van der Waals surface area (Å²) < 4.78 is 29.9. The van der Waals surface area contributed by atoms with Gasteiger partial charge in [-0.3, -0.25) is 9.59 Å². The number of hydrogen-bond donors (Lipinski definition) is 1. The van der Waals surface area contributed by atoms with Gasteiger partial charge in [-0.2, -0.15) is 5.10 Å². The summed E-state index contributed by atoms with van der Waals surface area (Å²) in [5.74, 6) is 0.288. The highest BCUT2D eigenvalue weighted by Gasteiger charge is 2.15. The molecule has 0 spiro atoms. The summed E-state index contributed by atoms with van der Waals surface area (Å²) in [5, 5.41) is 6.88. The number of anilines is 1. The number of carbonyl (C=O) groups excluding carboxylic acids is 1. The van der Waals surface area contributed by atoms with Crippen LogP contribution in [0.2, 0.25) is 0 Å². The zero-order valence-electron chi connectivity index (χ0n) is 16.6. The van der Waals surface area contributed by atoms with Gasteiger partial charge in [-0.05, 0) is 30.3 Å². The Hall–Kier alpha value is -3.88. The van der Waals surface area contributed by atoms with Crippen LogP contribution in [-0.2, 0) is 11.3 Å². The number of hydrogen-bond acceptors (Lipinski definition) is 6. The topological polar surface area (TPSA) is 91.7 Å². The minimum atomic E-state index is -0.477. The van der Waals surface area contributed by atoms with E-state index in [9.17, 15) is 14.0 Å². The SMILES string of the molecule is COc1cc(NC(=O)Cn2nc(-c3ccc(F)cc3)ccc2=O)cc(OC)c1OC. The van der Waals surface area contributed by atoms with Crippen molar-refractivity contribution >= 4 is 11.6 Å². The van der Waals surface area contributed by atoms with Gasteiger partial charge in [0.25, 0.3) is 5.56 Å². The van der Waals surface area contributed by atoms with Crippen molar-refractivity contribution < 1.29 is 23.4 Å². The van der Waals surface area contributed by atoms with Crippen molar-refractivity contribution in [3.05, 3.63) is 64.7 Å². The molecule has 0 saturated carbocycles. The highest BCUT2D eigenvalue weighted by atomic mass is 19.1. The van der Waals surface area contributed by atoms with Crippen molar-refractivity contribution in [3.63, 3.8) is 0 Å². The van der Waals surface area contributed by atoms with Gasteiger partial charge >= 0.3 is 0 Å². The van der Waals surface area contributed by atoms with Crippen LogP contribution >= 0.6 is 0 Å². The largest absolute Gasteiger partial charge is 0.493 e. The molecule has 0 aliphatic rings. The molecule has 0 aliphatic carbocycles. The highest BCUT2D eigenvalue weighted by Crippen LogP contribution is 2.39. The number of halogens is 1. The normalized spacial score (nSPS) is 10.4. The molecule has 0 bridgehead atoms. The van der Waals surface area contributed by atoms with Crippen LogP contribution in [0.1, 0.15) is 0 Å². The predicted octanol–water partition coefficient (Wildman–Crippen LogP) is 2.71. The first-order valence-corrected chi connectivity index (χ1v) is 8.89. The number of methoxy groups -OCH3 is 3. The third kappa shape index (κ3) is 4.57. The molecule has 8 nitrogen and oxygen atoms in total. The number of ether oxygens (including phenoxy) is 3. The Morgan fingerprint density at radius 1 is 1.00 bits per heavy atom. The number of nitrogens with one attached hydrogen (secondary N) is 1. The second-order valence-corrected chi connectivity index (χ2v) is 6.18. The van der Waals surface area contributed by atoms with E-state index in [1.165, 1.54) is 45.6 Å². The molecule has 0 radical (unpaired) electrons. The fourth-order valence-electron chi connectivity index (χ4n) is 2.83. The zero-order chi connectivity index (χ0) is 21.7. The van der Waals surface area contributed by atoms with E-state index >= 15 is 0 Å². The maximum atomic E-state index is 13.1. The Bertz CT molecular complexity index is 1090. The average molecular weight is 413 g/mol. The molecular formula is C21H20FN3O5. The Labute approximate surface area is 171 Å². The lowest BCUT2D eigenvalue weighted by atomic mass is 10.1. The van der Waals surface area contributed by atoms with Gasteiger partial charge in [-0.1, -0.05) is 0 Å². The van der Waals surface area contributed by atoms with Crippen LogP contribution < -0.4 is 25.1 Å². The molecule has 0 atom stereocenters. The van der Waals surface area contributed by atoms with Crippen LogP contribution in [0.3, 0.4) is 0 Å². The summed E-state index contributed by atoms with van der Waals surface area (Å²) in [5.41, 5.74) is 1.02. The monoisotopic (exact) mass is 413 g/mol. The molecule has 0 unspecified atom stereocenters. The summed E-state index contributed by atoms with van der Waals surface area (Å²) in [7, 11) is 4.41. The van der Waals surface area contributed by atoms with E-state index < -0.39 is 11.5 Å². The van der Waals surface area contributed by atoms with Crippen LogP contribution in [0.25, 0.3) is 11.3 Å². The van der Waals surface area contributed by atoms with Crippen LogP contribution in [0, 0.1) is 5.82 Å². The van der Waals surface area contributed by atoms with Crippen molar-refractivity contribution in [2.45, 2.75) is 6.54 Å². The molecule has 9 heteroatoms. The summed E-state index contributed by atoms with van der Waals surface area (Å²) in [6.45, 7) is -0.315. The van der Waals surface area contributed by atoms with Gasteiger partial charge < -0.3 is 19.5 Å². The van der Waals surface area contributed by atoms with E-state index in [-0.39, 0.29) is 12.4 Å². The van der Waals surface area contributed by atoms with Crippen LogP contribution in [0.5, 0.6) is 17.2 Å². The van der Waals surface area contributed by atoms with Crippen molar-refractivity contribution in [1.29, 1.82) is 0 Å². The summed E-state index contributed by atoms with van der Waals surface area (Å²) in [6.07, 6.45) is 0. The smallest absolute Gasteiger partial charge is 0.267 e. The van der Waals surface area contributed by atoms with E-state index in [0.717, 1.165) is 4.68 Å². The highest BCUT2D eigenvalue weighted by molar-refractivity contribution is 5.91. The van der Waals surface area contributed by atoms with Crippen molar-refractivity contribution in [1.82, 2.24) is 9.78 Å². The minimum Gasteiger partial charge on any atom is -0.493 e. The number of carbonyl (C=O) groups is 1. The predicted molar refractivity (Wildman–Crippen MR) is 109 cm³/mol. The zero-order valence-corrected chi connectivity index (χ0v) is 16.6. The molecule has 1 amide bonds. The number of rotatable bonds is 7. The summed E-state index contributed by atoms with van der Waals surface area (Å²) >= 11 is 0. The second-order valence-electron chi connectivity index (χ2n) is 6.18. The standard InChI is InChI=1S/C21H20FN3O5/c1-28-17-10-15(11-18(29-2)21(17)30-3)23-19(26)12-25-20(27)9-8-16(24-25)13-4-6-14(22)7-5-13/h4-11H,12H2,1-3H3,(H,23,26). The molecule has 30 heavy (non-hydrogen) atoms. The van der Waals surface area contributed by atoms with E-state index in [1.807, 2.05) is 0 Å². The molecule has 3 aromatic rings. The number of benzene rings is 2. The van der Waals surface area contributed by atoms with Crippen LogP contribution in [-0.4, -0.2) is 37.0 Å². The third-order valence-electron chi connectivity index (χ3n) is 4.25. The number of nitrogens with zero attached hydrogens (tertiary/aromatic N) is 2. The molecular weight excluding hydrogens is 393 g/mol. The average Bonchev–Trinajstić information content (AvgIpc) is 2.75. The lowest BCUT2D eigenvalue weighted by molar-refractivity contribution is -0.117. The van der Waals surface area contributed by atoms with Crippen LogP contribution in [0.4, 0.5) is 10.1 Å². The van der Waals surface area contributed by atoms with Crippen molar-refractivity contribution in [2.75, 3.05) is 26.6 Å². The molecule has 1 aromatic heterocycles.